The average molecular weight is 1670 g/mol. The zero-order chi connectivity index (χ0) is 86.2. The van der Waals surface area contributed by atoms with E-state index in [1.54, 1.807) is 20.1 Å². The van der Waals surface area contributed by atoms with E-state index in [1.807, 2.05) is 0 Å². The number of hydrogen-bond acceptors (Lipinski definition) is 24. The van der Waals surface area contributed by atoms with Crippen molar-refractivity contribution in [2.24, 2.45) is 17.4 Å². The molecule has 0 aliphatic rings. The number of aliphatic hydroxyl groups excluding tert-OH is 1. The summed E-state index contributed by atoms with van der Waals surface area (Å²) in [5.74, 6) is -13.7. The number of aliphatic hydroxyl groups is 1. The molecule has 0 aliphatic heterocycles. The van der Waals surface area contributed by atoms with Gasteiger partial charge in [0.2, 0.25) is 70.9 Å². The van der Waals surface area contributed by atoms with E-state index < -0.39 is 188 Å². The number of aromatic nitrogens is 10. The van der Waals surface area contributed by atoms with Crippen molar-refractivity contribution in [3.8, 4) is 17.2 Å². The zero-order valence-corrected chi connectivity index (χ0v) is 66.1. The molecule has 0 radical (unpaired) electrons. The van der Waals surface area contributed by atoms with Gasteiger partial charge in [-0.3, -0.25) is 57.5 Å². The number of primary amides is 1. The summed E-state index contributed by atoms with van der Waals surface area (Å²) < 4.78 is 0. The molecular formula is C77H99N23O18S. The van der Waals surface area contributed by atoms with E-state index in [-0.39, 0.29) is 96.6 Å². The summed E-state index contributed by atoms with van der Waals surface area (Å²) in [6.45, 7) is 4.74. The molecule has 3 aromatic carbocycles. The molecule has 0 bridgehead atoms. The Morgan fingerprint density at radius 1 is 0.370 bits per heavy atom. The van der Waals surface area contributed by atoms with Gasteiger partial charge < -0.3 is 120 Å². The Morgan fingerprint density at radius 2 is 0.639 bits per heavy atom. The lowest BCUT2D eigenvalue weighted by Crippen LogP contribution is -2.62. The first-order chi connectivity index (χ1) is 56.9. The van der Waals surface area contributed by atoms with Gasteiger partial charge in [0, 0.05) is 88.8 Å². The second-order valence-electron chi connectivity index (χ2n) is 28.6. The van der Waals surface area contributed by atoms with Crippen LogP contribution in [0.2, 0.25) is 0 Å². The minimum Gasteiger partial charge on any atom is -0.508 e. The van der Waals surface area contributed by atoms with Crippen LogP contribution >= 0.6 is 11.8 Å². The molecule has 0 aliphatic carbocycles. The minimum atomic E-state index is -1.75. The lowest BCUT2D eigenvalue weighted by atomic mass is 10.0. The Hall–Kier alpha value is -13.5. The standard InChI is InChI=1S/C77H99N23O18S/c1-40(2)21-63(77(117)118)99-75(115)62(29-49-34-84-39-89-49)98-73(113)59(26-46-31-81-36-86-46)95-67(107)54(17-18-64(79)105)90-69(109)56(22-42-5-11-50(102)12-6-42)94-72(112)60(27-47-32-82-37-87-47)97-74(114)61(28-48-33-83-38-88-48)96-71(111)58(24-44-9-15-52(104)16-10-44)93-70(110)57(23-43-7-13-51(103)14-8-43)92-68(108)55(19-20-119-4)91-76(116)65(41(3)101)100-66(106)53(78)25-45-30-80-35-85-45/h5-16,30-41,53-63,65,101-104H,17-29,78H2,1-4H3,(H2,79,105)(H,80,85)(H,81,86)(H,82,87)(H,83,88)(H,84,89)(H,90,109)(H,91,116)(H,92,108)(H,93,110)(H,94,112)(H,95,107)(H,96,111)(H,97,114)(H,98,113)(H,99,115)(H,100,106)(H,117,118)/t41-,53+,54+,55+,56+,57+,58+,59+,60+,61+,62+,63+,65+/m1/s1. The number of phenolic OH excluding ortho intramolecular Hbond substituents is 3. The molecule has 0 saturated carbocycles. The number of benzene rings is 3. The molecule has 8 aromatic rings. The van der Waals surface area contributed by atoms with Gasteiger partial charge in [-0.25, -0.2) is 29.7 Å². The van der Waals surface area contributed by atoms with E-state index in [9.17, 15) is 63.9 Å². The average Bonchev–Trinajstić information content (AvgIpc) is 1.52. The SMILES string of the molecule is CSCC[C@H](NC(=O)[C@@H](NC(=O)[C@@H](N)Cc1c[nH]cn1)[C@@H](C)O)C(=O)N[C@@H](Cc1ccc(O)cc1)C(=O)N[C@@H](Cc1ccc(O)cc1)C(=O)N[C@@H](Cc1c[nH]cn1)C(=O)N[C@@H](Cc1c[nH]cn1)C(=O)N[C@@H](Cc1ccc(O)cc1)C(=O)N[C@@H](CCC(N)=O)C(=O)N[C@@H](Cc1c[nH]cn1)C(=O)N[C@@H](Cc1c[nH]cn1)C(=O)N[C@@H](CC(C)C)C(=O)O. The third-order valence-corrected chi connectivity index (χ3v) is 19.3. The number of phenols is 3. The minimum absolute atomic E-state index is 0.0254. The van der Waals surface area contributed by atoms with Gasteiger partial charge in [-0.15, -0.1) is 0 Å². The Bertz CT molecular complexity index is 4640. The zero-order valence-electron chi connectivity index (χ0n) is 65.3. The Balaban J connectivity index is 1.06. The number of nitrogens with zero attached hydrogens (tertiary/aromatic N) is 5. The first-order valence-electron chi connectivity index (χ1n) is 37.9. The fourth-order valence-electron chi connectivity index (χ4n) is 12.4. The Labute approximate surface area is 685 Å². The number of H-pyrrole nitrogens is 5. The summed E-state index contributed by atoms with van der Waals surface area (Å²) in [6, 6.07) is -2.38. The van der Waals surface area contributed by atoms with E-state index in [1.165, 1.54) is 154 Å². The van der Waals surface area contributed by atoms with Crippen molar-refractivity contribution in [1.82, 2.24) is 108 Å². The fourth-order valence-corrected chi connectivity index (χ4v) is 12.8. The summed E-state index contributed by atoms with van der Waals surface area (Å²) in [5, 5.41) is 80.4. The van der Waals surface area contributed by atoms with Crippen LogP contribution in [0.25, 0.3) is 0 Å². The summed E-state index contributed by atoms with van der Waals surface area (Å²) in [5.41, 5.74) is 14.1. The number of carboxylic acids is 1. The third kappa shape index (κ3) is 29.6. The number of hydrogen-bond donors (Lipinski definition) is 23. The number of aromatic hydroxyl groups is 3. The Kier molecular flexibility index (Phi) is 34.5. The van der Waals surface area contributed by atoms with Crippen molar-refractivity contribution in [2.75, 3.05) is 12.0 Å². The normalized spacial score (nSPS) is 14.5. The summed E-state index contributed by atoms with van der Waals surface area (Å²) >= 11 is 1.31. The van der Waals surface area contributed by atoms with Gasteiger partial charge in [0.1, 0.15) is 83.7 Å². The number of carbonyl (C=O) groups excluding carboxylic acids is 12. The number of nitrogens with two attached hydrogens (primary N) is 2. The quantitative estimate of drug-likeness (QED) is 0.0179. The molecule has 0 unspecified atom stereocenters. The molecule has 0 spiro atoms. The molecule has 5 aromatic heterocycles. The summed E-state index contributed by atoms with van der Waals surface area (Å²) in [4.78, 5) is 221. The highest BCUT2D eigenvalue weighted by atomic mass is 32.2. The van der Waals surface area contributed by atoms with Crippen LogP contribution in [0.1, 0.15) is 91.6 Å². The molecule has 41 nitrogen and oxygen atoms in total. The lowest BCUT2D eigenvalue weighted by molar-refractivity contribution is -0.143. The lowest BCUT2D eigenvalue weighted by Gasteiger charge is -2.29. The molecular weight excluding hydrogens is 1570 g/mol. The van der Waals surface area contributed by atoms with E-state index in [0.29, 0.717) is 22.4 Å². The summed E-state index contributed by atoms with van der Waals surface area (Å²) in [7, 11) is 0. The number of thioether (sulfide) groups is 1. The van der Waals surface area contributed by atoms with Crippen molar-refractivity contribution >= 4 is 88.6 Å². The molecule has 119 heavy (non-hydrogen) atoms. The number of rotatable bonds is 48. The summed E-state index contributed by atoms with van der Waals surface area (Å²) in [6.07, 6.45) is 10.3. The molecule has 42 heteroatoms. The maximum absolute atomic E-state index is 15.3. The number of amides is 12. The predicted molar refractivity (Wildman–Crippen MR) is 426 cm³/mol. The van der Waals surface area contributed by atoms with Crippen LogP contribution in [-0.2, 0) is 114 Å². The van der Waals surface area contributed by atoms with Gasteiger partial charge in [-0.05, 0) is 97.2 Å². The molecule has 5 heterocycles. The highest BCUT2D eigenvalue weighted by molar-refractivity contribution is 7.98. The van der Waals surface area contributed by atoms with E-state index >= 15 is 24.0 Å². The van der Waals surface area contributed by atoms with Gasteiger partial charge in [0.05, 0.1) is 72.3 Å². The molecule has 0 saturated heterocycles. The first-order valence-corrected chi connectivity index (χ1v) is 39.3. The third-order valence-electron chi connectivity index (χ3n) is 18.7. The van der Waals surface area contributed by atoms with Gasteiger partial charge in [-0.2, -0.15) is 11.8 Å². The van der Waals surface area contributed by atoms with Crippen molar-refractivity contribution in [2.45, 2.75) is 176 Å². The number of carbonyl (C=O) groups is 13. The van der Waals surface area contributed by atoms with Crippen molar-refractivity contribution in [3.63, 3.8) is 0 Å². The smallest absolute Gasteiger partial charge is 0.326 e. The van der Waals surface area contributed by atoms with Gasteiger partial charge in [0.15, 0.2) is 0 Å². The maximum atomic E-state index is 15.3. The molecule has 25 N–H and O–H groups in total. The molecule has 8 rings (SSSR count). The van der Waals surface area contributed by atoms with Crippen molar-refractivity contribution in [3.05, 3.63) is 181 Å². The van der Waals surface area contributed by atoms with Crippen molar-refractivity contribution < 1.29 is 87.9 Å². The van der Waals surface area contributed by atoms with Crippen LogP contribution in [0.4, 0.5) is 0 Å². The number of aliphatic carboxylic acids is 1. The topological polar surface area (TPSA) is 651 Å². The van der Waals surface area contributed by atoms with E-state index in [0.717, 1.165) is 0 Å². The van der Waals surface area contributed by atoms with Crippen LogP contribution in [0.15, 0.2) is 135 Å². The van der Waals surface area contributed by atoms with E-state index in [4.69, 9.17) is 11.5 Å². The van der Waals surface area contributed by atoms with Crippen molar-refractivity contribution in [1.29, 1.82) is 0 Å². The number of carboxylic acid groups (broad SMARTS) is 1. The van der Waals surface area contributed by atoms with Gasteiger partial charge in [-0.1, -0.05) is 50.2 Å². The number of aromatic amines is 5. The highest BCUT2D eigenvalue weighted by Crippen LogP contribution is 2.19. The molecule has 0 fully saturated rings. The van der Waals surface area contributed by atoms with Crippen LogP contribution in [0, 0.1) is 5.92 Å². The van der Waals surface area contributed by atoms with E-state index in [2.05, 4.69) is 108 Å². The highest BCUT2D eigenvalue weighted by Gasteiger charge is 2.39. The first kappa shape index (κ1) is 91.0. The number of nitrogens with one attached hydrogen (secondary N) is 16. The Morgan fingerprint density at radius 3 is 0.908 bits per heavy atom. The maximum Gasteiger partial charge on any atom is 0.326 e. The van der Waals surface area contributed by atoms with Crippen LogP contribution in [0.3, 0.4) is 0 Å². The van der Waals surface area contributed by atoms with Gasteiger partial charge >= 0.3 is 5.97 Å². The molecule has 636 valence electrons. The second kappa shape index (κ2) is 45.1. The van der Waals surface area contributed by atoms with Gasteiger partial charge in [0.25, 0.3) is 0 Å². The monoisotopic (exact) mass is 1670 g/mol. The molecule has 13 atom stereocenters. The fraction of sp³-hybridized carbons (Fsp3) is 0.403. The number of imidazole rings is 5. The van der Waals surface area contributed by atoms with Crippen LogP contribution in [-0.4, -0.2) is 243 Å². The van der Waals surface area contributed by atoms with Crippen LogP contribution < -0.4 is 70.0 Å². The predicted octanol–water partition coefficient (Wildman–Crippen LogP) is -3.15. The second-order valence-corrected chi connectivity index (χ2v) is 29.6. The van der Waals surface area contributed by atoms with Crippen LogP contribution in [0.5, 0.6) is 17.2 Å². The largest absolute Gasteiger partial charge is 0.508 e. The molecule has 12 amide bonds.